The van der Waals surface area contributed by atoms with Crippen LogP contribution in [0.4, 0.5) is 5.69 Å². The van der Waals surface area contributed by atoms with Gasteiger partial charge in [-0.25, -0.2) is 0 Å². The number of anilines is 1. The largest absolute Gasteiger partial charge is 0.455 e. The maximum Gasteiger partial charge on any atom is 0.249 e. The number of rotatable bonds is 6. The smallest absolute Gasteiger partial charge is 0.249 e. The van der Waals surface area contributed by atoms with E-state index in [1.807, 2.05) is 48.5 Å². The molecule has 3 aromatic carbocycles. The third kappa shape index (κ3) is 4.31. The van der Waals surface area contributed by atoms with Crippen LogP contribution in [-0.2, 0) is 6.54 Å². The molecule has 0 bridgehead atoms. The van der Waals surface area contributed by atoms with Crippen molar-refractivity contribution in [3.8, 4) is 11.5 Å². The molecule has 0 unspecified atom stereocenters. The summed E-state index contributed by atoms with van der Waals surface area (Å²) < 4.78 is 5.92. The molecule has 0 aliphatic carbocycles. The van der Waals surface area contributed by atoms with Gasteiger partial charge in [-0.2, -0.15) is 0 Å². The third-order valence-electron chi connectivity index (χ3n) is 3.68. The Morgan fingerprint density at radius 3 is 2.40 bits per heavy atom. The predicted molar refractivity (Wildman–Crippen MR) is 100 cm³/mol. The lowest BCUT2D eigenvalue weighted by Gasteiger charge is -2.14. The van der Waals surface area contributed by atoms with Crippen LogP contribution in [0.2, 0.25) is 5.02 Å². The van der Waals surface area contributed by atoms with Gasteiger partial charge in [0, 0.05) is 17.1 Å². The molecule has 25 heavy (non-hydrogen) atoms. The lowest BCUT2D eigenvalue weighted by Crippen LogP contribution is -2.15. The van der Waals surface area contributed by atoms with Gasteiger partial charge >= 0.3 is 0 Å². The van der Waals surface area contributed by atoms with Gasteiger partial charge in [0.25, 0.3) is 0 Å². The first kappa shape index (κ1) is 16.9. The number of nitrogens with one attached hydrogen (secondary N) is 1. The number of carbonyl (C=O) groups excluding carboxylic acids is 1. The van der Waals surface area contributed by atoms with Gasteiger partial charge in [-0.15, -0.1) is 0 Å². The van der Waals surface area contributed by atoms with Crippen LogP contribution in [0.3, 0.4) is 0 Å². The van der Waals surface area contributed by atoms with Gasteiger partial charge in [-0.3, -0.25) is 4.79 Å². The first-order valence-electron chi connectivity index (χ1n) is 7.77. The molecular weight excluding hydrogens is 336 g/mol. The van der Waals surface area contributed by atoms with E-state index >= 15 is 0 Å². The molecule has 3 N–H and O–H groups in total. The van der Waals surface area contributed by atoms with Crippen molar-refractivity contribution in [1.82, 2.24) is 0 Å². The van der Waals surface area contributed by atoms with E-state index in [4.69, 9.17) is 22.1 Å². The summed E-state index contributed by atoms with van der Waals surface area (Å²) in [5, 5.41) is 3.95. The summed E-state index contributed by atoms with van der Waals surface area (Å²) in [7, 11) is 0. The van der Waals surface area contributed by atoms with Crippen LogP contribution in [-0.4, -0.2) is 5.91 Å². The zero-order valence-electron chi connectivity index (χ0n) is 13.4. The van der Waals surface area contributed by atoms with E-state index in [1.54, 1.807) is 24.3 Å². The summed E-state index contributed by atoms with van der Waals surface area (Å²) in [6.45, 7) is 0.458. The molecule has 0 aliphatic heterocycles. The van der Waals surface area contributed by atoms with Gasteiger partial charge in [-0.05, 0) is 48.0 Å². The van der Waals surface area contributed by atoms with Crippen LogP contribution in [0.1, 0.15) is 15.9 Å². The van der Waals surface area contributed by atoms with Gasteiger partial charge in [0.05, 0.1) is 5.69 Å². The number of primary amides is 1. The fraction of sp³-hybridized carbons (Fsp3) is 0.0500. The Hall–Kier alpha value is -2.98. The monoisotopic (exact) mass is 352 g/mol. The van der Waals surface area contributed by atoms with Gasteiger partial charge in [0.1, 0.15) is 5.75 Å². The number of carbonyl (C=O) groups is 1. The SMILES string of the molecule is NC(=O)c1ccccc1CNc1ccccc1Oc1ccc(Cl)cc1. The summed E-state index contributed by atoms with van der Waals surface area (Å²) >= 11 is 5.90. The Morgan fingerprint density at radius 1 is 0.960 bits per heavy atom. The molecule has 0 saturated carbocycles. The minimum atomic E-state index is -0.442. The minimum Gasteiger partial charge on any atom is -0.455 e. The fourth-order valence-corrected chi connectivity index (χ4v) is 2.56. The van der Waals surface area contributed by atoms with E-state index < -0.39 is 5.91 Å². The number of halogens is 1. The van der Waals surface area contributed by atoms with Gasteiger partial charge in [0.2, 0.25) is 5.91 Å². The molecule has 0 atom stereocenters. The molecule has 0 saturated heterocycles. The van der Waals surface area contributed by atoms with Gasteiger partial charge in [0.15, 0.2) is 5.75 Å². The molecule has 3 aromatic rings. The zero-order chi connectivity index (χ0) is 17.6. The number of hydrogen-bond acceptors (Lipinski definition) is 3. The second-order valence-corrected chi connectivity index (χ2v) is 5.86. The van der Waals surface area contributed by atoms with Crippen molar-refractivity contribution in [2.75, 3.05) is 5.32 Å². The Labute approximate surface area is 151 Å². The lowest BCUT2D eigenvalue weighted by molar-refractivity contribution is 0.0999. The number of nitrogens with two attached hydrogens (primary N) is 1. The first-order chi connectivity index (χ1) is 12.1. The van der Waals surface area contributed by atoms with Crippen LogP contribution in [0, 0.1) is 0 Å². The van der Waals surface area contributed by atoms with Crippen molar-refractivity contribution in [3.63, 3.8) is 0 Å². The number of benzene rings is 3. The maximum atomic E-state index is 11.5. The highest BCUT2D eigenvalue weighted by atomic mass is 35.5. The first-order valence-corrected chi connectivity index (χ1v) is 8.15. The van der Waals surface area contributed by atoms with Crippen molar-refractivity contribution in [2.45, 2.75) is 6.54 Å². The molecule has 0 spiro atoms. The summed E-state index contributed by atoms with van der Waals surface area (Å²) in [4.78, 5) is 11.5. The van der Waals surface area contributed by atoms with Gasteiger partial charge < -0.3 is 15.8 Å². The molecule has 0 radical (unpaired) electrons. The molecule has 1 amide bonds. The molecular formula is C20H17ClN2O2. The van der Waals surface area contributed by atoms with E-state index in [2.05, 4.69) is 5.32 Å². The Kier molecular flexibility index (Phi) is 5.21. The van der Waals surface area contributed by atoms with Crippen LogP contribution in [0.15, 0.2) is 72.8 Å². The van der Waals surface area contributed by atoms with Crippen LogP contribution in [0.25, 0.3) is 0 Å². The second kappa shape index (κ2) is 7.73. The van der Waals surface area contributed by atoms with Crippen molar-refractivity contribution in [1.29, 1.82) is 0 Å². The molecule has 4 nitrogen and oxygen atoms in total. The van der Waals surface area contributed by atoms with Crippen LogP contribution >= 0.6 is 11.6 Å². The average molecular weight is 353 g/mol. The highest BCUT2D eigenvalue weighted by molar-refractivity contribution is 6.30. The van der Waals surface area contributed by atoms with Gasteiger partial charge in [-0.1, -0.05) is 41.9 Å². The Morgan fingerprint density at radius 2 is 1.64 bits per heavy atom. The highest BCUT2D eigenvalue weighted by Crippen LogP contribution is 2.30. The summed E-state index contributed by atoms with van der Waals surface area (Å²) in [5.74, 6) is 0.931. The zero-order valence-corrected chi connectivity index (χ0v) is 14.2. The fourth-order valence-electron chi connectivity index (χ4n) is 2.44. The quantitative estimate of drug-likeness (QED) is 0.667. The summed E-state index contributed by atoms with van der Waals surface area (Å²) in [6.07, 6.45) is 0. The second-order valence-electron chi connectivity index (χ2n) is 5.43. The summed E-state index contributed by atoms with van der Waals surface area (Å²) in [5.41, 5.74) is 7.58. The van der Waals surface area contributed by atoms with E-state index in [9.17, 15) is 4.79 Å². The lowest BCUT2D eigenvalue weighted by atomic mass is 10.1. The van der Waals surface area contributed by atoms with Crippen LogP contribution < -0.4 is 15.8 Å². The Balaban J connectivity index is 1.78. The molecule has 5 heteroatoms. The Bertz CT molecular complexity index is 879. The standard InChI is InChI=1S/C20H17ClN2O2/c21-15-9-11-16(12-10-15)25-19-8-4-3-7-18(19)23-13-14-5-1-2-6-17(14)20(22)24/h1-12,23H,13H2,(H2,22,24). The minimum absolute atomic E-state index is 0.442. The van der Waals surface area contributed by atoms with E-state index in [-0.39, 0.29) is 0 Å². The molecule has 0 aliphatic rings. The molecule has 0 aromatic heterocycles. The van der Waals surface area contributed by atoms with Crippen LogP contribution in [0.5, 0.6) is 11.5 Å². The van der Waals surface area contributed by atoms with Crippen molar-refractivity contribution in [3.05, 3.63) is 88.9 Å². The normalized spacial score (nSPS) is 10.3. The van der Waals surface area contributed by atoms with Crippen molar-refractivity contribution < 1.29 is 9.53 Å². The number of para-hydroxylation sites is 2. The number of hydrogen-bond donors (Lipinski definition) is 2. The van der Waals surface area contributed by atoms with E-state index in [0.717, 1.165) is 11.3 Å². The molecule has 126 valence electrons. The van der Waals surface area contributed by atoms with Crippen molar-refractivity contribution in [2.24, 2.45) is 5.73 Å². The molecule has 0 heterocycles. The topological polar surface area (TPSA) is 64.4 Å². The van der Waals surface area contributed by atoms with E-state index in [0.29, 0.717) is 28.6 Å². The molecule has 3 rings (SSSR count). The maximum absolute atomic E-state index is 11.5. The highest BCUT2D eigenvalue weighted by Gasteiger charge is 2.09. The predicted octanol–water partition coefficient (Wildman–Crippen LogP) is 4.84. The van der Waals surface area contributed by atoms with Crippen molar-refractivity contribution >= 4 is 23.2 Å². The number of amides is 1. The third-order valence-corrected chi connectivity index (χ3v) is 3.93. The van der Waals surface area contributed by atoms with E-state index in [1.165, 1.54) is 0 Å². The summed E-state index contributed by atoms with van der Waals surface area (Å²) in [6, 6.07) is 22.0. The average Bonchev–Trinajstić information content (AvgIpc) is 2.63. The molecule has 0 fully saturated rings. The number of ether oxygens (including phenoxy) is 1.